The van der Waals surface area contributed by atoms with Crippen LogP contribution in [0.15, 0.2) is 54.9 Å². The van der Waals surface area contributed by atoms with Crippen molar-refractivity contribution >= 4 is 11.9 Å². The minimum absolute atomic E-state index is 0.00448. The molecule has 292 valence electrons. The van der Waals surface area contributed by atoms with Crippen molar-refractivity contribution in [3.8, 4) is 28.4 Å². The number of aliphatic carboxylic acids is 1. The summed E-state index contributed by atoms with van der Waals surface area (Å²) in [4.78, 5) is 20.2. The molecule has 0 aliphatic carbocycles. The molecule has 8 nitrogen and oxygen atoms in total. The Kier molecular flexibility index (Phi) is 12.6. The Hall–Kier alpha value is -5.29. The predicted molar refractivity (Wildman–Crippen MR) is 175 cm³/mol. The summed E-state index contributed by atoms with van der Waals surface area (Å²) >= 11 is 0. The fraction of sp³-hybridized carbons (Fsp3) is 0.361. The van der Waals surface area contributed by atoms with Gasteiger partial charge in [-0.1, -0.05) is 13.8 Å². The Labute approximate surface area is 302 Å². The number of benzene rings is 3. The number of hydrogen-bond donors (Lipinski definition) is 1. The minimum Gasteiger partial charge on any atom is -0.496 e. The molecule has 0 saturated carbocycles. The number of alkyl halides is 9. The molecule has 0 aliphatic rings. The molecule has 1 aromatic heterocycles. The van der Waals surface area contributed by atoms with Crippen LogP contribution in [0.5, 0.6) is 17.2 Å². The molecule has 0 fully saturated rings. The van der Waals surface area contributed by atoms with Crippen molar-refractivity contribution in [1.29, 1.82) is 0 Å². The topological polar surface area (TPSA) is 94.0 Å². The standard InChI is InChI=1S/C36H33F10N3O5/c1-19(2)25-12-27(30(52-3)14-29(25)37)26-13-28(36(44,45)46)31(53-4)10-21(26)18-49(33-47-15-24(16-48-33)54-7-5-6-32(50)51)17-20-8-22(34(38,39)40)11-23(9-20)35(41,42)43/h8-16,19H,5-7,17-18H2,1-4H3,(H,50,51). The number of methoxy groups -OCH3 is 2. The number of hydrogen-bond acceptors (Lipinski definition) is 7. The summed E-state index contributed by atoms with van der Waals surface area (Å²) in [7, 11) is 2.14. The molecule has 0 saturated heterocycles. The Bertz CT molecular complexity index is 1910. The van der Waals surface area contributed by atoms with Crippen LogP contribution in [-0.2, 0) is 36.4 Å². The molecule has 54 heavy (non-hydrogen) atoms. The number of carboxylic acids is 1. The molecule has 0 aliphatic heterocycles. The van der Waals surface area contributed by atoms with Gasteiger partial charge in [0.05, 0.1) is 49.9 Å². The molecule has 0 amide bonds. The minimum atomic E-state index is -5.18. The highest BCUT2D eigenvalue weighted by atomic mass is 19.4. The predicted octanol–water partition coefficient (Wildman–Crippen LogP) is 9.93. The number of carboxylic acid groups (broad SMARTS) is 1. The zero-order valence-electron chi connectivity index (χ0n) is 29.0. The highest BCUT2D eigenvalue weighted by Gasteiger charge is 2.38. The largest absolute Gasteiger partial charge is 0.496 e. The van der Waals surface area contributed by atoms with E-state index in [0.29, 0.717) is 12.1 Å². The highest BCUT2D eigenvalue weighted by molar-refractivity contribution is 5.77. The number of carbonyl (C=O) groups is 1. The van der Waals surface area contributed by atoms with Gasteiger partial charge >= 0.3 is 24.5 Å². The first-order valence-corrected chi connectivity index (χ1v) is 16.0. The van der Waals surface area contributed by atoms with Crippen molar-refractivity contribution in [2.75, 3.05) is 25.7 Å². The maximum absolute atomic E-state index is 15.0. The molecule has 0 radical (unpaired) electrons. The fourth-order valence-corrected chi connectivity index (χ4v) is 5.48. The molecule has 0 atom stereocenters. The van der Waals surface area contributed by atoms with E-state index >= 15 is 4.39 Å². The van der Waals surface area contributed by atoms with E-state index in [-0.39, 0.29) is 65.2 Å². The molecule has 0 spiro atoms. The lowest BCUT2D eigenvalue weighted by Gasteiger charge is -2.27. The normalized spacial score (nSPS) is 12.2. The molecule has 0 bridgehead atoms. The van der Waals surface area contributed by atoms with Crippen LogP contribution in [-0.4, -0.2) is 41.9 Å². The highest BCUT2D eigenvalue weighted by Crippen LogP contribution is 2.44. The smallest absolute Gasteiger partial charge is 0.419 e. The molecule has 18 heteroatoms. The lowest BCUT2D eigenvalue weighted by molar-refractivity contribution is -0.143. The molecule has 1 N–H and O–H groups in total. The second-order valence-corrected chi connectivity index (χ2v) is 12.3. The third-order valence-electron chi connectivity index (χ3n) is 8.04. The summed E-state index contributed by atoms with van der Waals surface area (Å²) in [6.07, 6.45) is -13.2. The maximum atomic E-state index is 15.0. The van der Waals surface area contributed by atoms with E-state index in [1.54, 1.807) is 13.8 Å². The second-order valence-electron chi connectivity index (χ2n) is 12.3. The molecule has 4 rings (SSSR count). The first-order valence-electron chi connectivity index (χ1n) is 16.0. The van der Waals surface area contributed by atoms with Crippen molar-refractivity contribution in [3.63, 3.8) is 0 Å². The molecular formula is C36H33F10N3O5. The number of ether oxygens (including phenoxy) is 3. The maximum Gasteiger partial charge on any atom is 0.419 e. The zero-order chi connectivity index (χ0) is 40.2. The van der Waals surface area contributed by atoms with Gasteiger partial charge in [-0.05, 0) is 71.0 Å². The van der Waals surface area contributed by atoms with E-state index in [9.17, 15) is 44.3 Å². The Morgan fingerprint density at radius 3 is 1.87 bits per heavy atom. The van der Waals surface area contributed by atoms with Gasteiger partial charge in [-0.3, -0.25) is 4.79 Å². The monoisotopic (exact) mass is 777 g/mol. The van der Waals surface area contributed by atoms with E-state index in [2.05, 4.69) is 9.97 Å². The van der Waals surface area contributed by atoms with Gasteiger partial charge in [-0.2, -0.15) is 39.5 Å². The van der Waals surface area contributed by atoms with Crippen molar-refractivity contribution in [2.45, 2.75) is 64.2 Å². The second kappa shape index (κ2) is 16.4. The van der Waals surface area contributed by atoms with Crippen molar-refractivity contribution < 1.29 is 68.0 Å². The van der Waals surface area contributed by atoms with Gasteiger partial charge in [-0.25, -0.2) is 14.4 Å². The number of nitrogens with zero attached hydrogens (tertiary/aromatic N) is 3. The van der Waals surface area contributed by atoms with Crippen molar-refractivity contribution in [1.82, 2.24) is 9.97 Å². The summed E-state index contributed by atoms with van der Waals surface area (Å²) in [5, 5.41) is 8.84. The molecule has 1 heterocycles. The summed E-state index contributed by atoms with van der Waals surface area (Å²) in [5.41, 5.74) is -5.03. The van der Waals surface area contributed by atoms with Gasteiger partial charge in [0.25, 0.3) is 0 Å². The van der Waals surface area contributed by atoms with Gasteiger partial charge in [0.2, 0.25) is 5.95 Å². The van der Waals surface area contributed by atoms with Crippen LogP contribution >= 0.6 is 0 Å². The van der Waals surface area contributed by atoms with E-state index in [1.807, 2.05) is 0 Å². The Balaban J connectivity index is 1.94. The van der Waals surface area contributed by atoms with Gasteiger partial charge < -0.3 is 24.2 Å². The van der Waals surface area contributed by atoms with E-state index < -0.39 is 77.3 Å². The molecule has 4 aromatic rings. The van der Waals surface area contributed by atoms with Gasteiger partial charge in [0.1, 0.15) is 17.3 Å². The summed E-state index contributed by atoms with van der Waals surface area (Å²) in [5.74, 6) is -3.32. The first-order chi connectivity index (χ1) is 25.1. The average molecular weight is 778 g/mol. The van der Waals surface area contributed by atoms with Crippen LogP contribution in [0.1, 0.15) is 66.0 Å². The summed E-state index contributed by atoms with van der Waals surface area (Å²) in [6, 6.07) is 4.95. The average Bonchev–Trinajstić information content (AvgIpc) is 3.08. The van der Waals surface area contributed by atoms with Gasteiger partial charge in [0, 0.05) is 31.1 Å². The fourth-order valence-electron chi connectivity index (χ4n) is 5.48. The van der Waals surface area contributed by atoms with Crippen LogP contribution in [0, 0.1) is 5.82 Å². The molecule has 3 aromatic carbocycles. The van der Waals surface area contributed by atoms with E-state index in [4.69, 9.17) is 19.3 Å². The van der Waals surface area contributed by atoms with Crippen LogP contribution in [0.4, 0.5) is 49.9 Å². The van der Waals surface area contributed by atoms with Gasteiger partial charge in [0.15, 0.2) is 5.75 Å². The van der Waals surface area contributed by atoms with Crippen LogP contribution < -0.4 is 19.1 Å². The lowest BCUT2D eigenvalue weighted by atomic mass is 9.91. The first kappa shape index (κ1) is 41.5. The number of rotatable bonds is 14. The van der Waals surface area contributed by atoms with Crippen molar-refractivity contribution in [3.05, 3.63) is 94.1 Å². The summed E-state index contributed by atoms with van der Waals surface area (Å²) < 4.78 is 157. The van der Waals surface area contributed by atoms with Gasteiger partial charge in [-0.15, -0.1) is 0 Å². The molecular weight excluding hydrogens is 744 g/mol. The SMILES string of the molecule is COc1cc(F)c(C(C)C)cc1-c1cc(C(F)(F)F)c(OC)cc1CN(Cc1cc(C(F)(F)F)cc(C(F)(F)F)c1)c1ncc(OCCCC(=O)O)cn1. The lowest BCUT2D eigenvalue weighted by Crippen LogP contribution is -2.25. The zero-order valence-corrected chi connectivity index (χ0v) is 29.0. The third kappa shape index (κ3) is 10.2. The third-order valence-corrected chi connectivity index (χ3v) is 8.04. The van der Waals surface area contributed by atoms with E-state index in [1.165, 1.54) is 13.2 Å². The van der Waals surface area contributed by atoms with Crippen LogP contribution in [0.3, 0.4) is 0 Å². The quantitative estimate of drug-likeness (QED) is 0.1000. The molecule has 0 unspecified atom stereocenters. The Morgan fingerprint density at radius 1 is 0.778 bits per heavy atom. The Morgan fingerprint density at radius 2 is 1.37 bits per heavy atom. The number of halogens is 10. The summed E-state index contributed by atoms with van der Waals surface area (Å²) in [6.45, 7) is 1.96. The van der Waals surface area contributed by atoms with Crippen molar-refractivity contribution in [2.24, 2.45) is 0 Å². The number of aromatic nitrogens is 2. The number of anilines is 1. The van der Waals surface area contributed by atoms with Crippen LogP contribution in [0.2, 0.25) is 0 Å². The van der Waals surface area contributed by atoms with E-state index in [0.717, 1.165) is 42.6 Å². The van der Waals surface area contributed by atoms with Crippen LogP contribution in [0.25, 0.3) is 11.1 Å².